The number of epoxide rings is 1. The van der Waals surface area contributed by atoms with Gasteiger partial charge in [0.05, 0.1) is 25.4 Å². The molecule has 0 aromatic rings. The van der Waals surface area contributed by atoms with Crippen LogP contribution in [-0.2, 0) is 37.4 Å². The lowest BCUT2D eigenvalue weighted by molar-refractivity contribution is -0.161. The molecule has 10 nitrogen and oxygen atoms in total. The van der Waals surface area contributed by atoms with E-state index in [9.17, 15) is 19.0 Å². The van der Waals surface area contributed by atoms with E-state index in [0.29, 0.717) is 25.0 Å². The number of phosphoric ester groups is 1. The Morgan fingerprint density at radius 3 is 1.78 bits per heavy atom. The molecule has 1 rings (SSSR count). The molecular formula is C47H84NO9P. The molecule has 336 valence electrons. The van der Waals surface area contributed by atoms with Gasteiger partial charge >= 0.3 is 19.8 Å². The maximum atomic E-state index is 12.6. The van der Waals surface area contributed by atoms with Crippen LogP contribution in [0.25, 0.3) is 0 Å². The van der Waals surface area contributed by atoms with Crippen LogP contribution in [0.1, 0.15) is 194 Å². The largest absolute Gasteiger partial charge is 0.472 e. The summed E-state index contributed by atoms with van der Waals surface area (Å²) < 4.78 is 38.5. The maximum absolute atomic E-state index is 12.6. The molecule has 1 aliphatic rings. The molecule has 0 aromatic carbocycles. The van der Waals surface area contributed by atoms with Crippen molar-refractivity contribution in [3.8, 4) is 0 Å². The van der Waals surface area contributed by atoms with E-state index in [0.717, 1.165) is 44.9 Å². The molecule has 3 unspecified atom stereocenters. The molecule has 0 spiro atoms. The van der Waals surface area contributed by atoms with Gasteiger partial charge in [-0.2, -0.15) is 0 Å². The van der Waals surface area contributed by atoms with Gasteiger partial charge in [-0.1, -0.05) is 159 Å². The lowest BCUT2D eigenvalue weighted by atomic mass is 10.1. The number of allylic oxidation sites excluding steroid dienone is 7. The van der Waals surface area contributed by atoms with Crippen molar-refractivity contribution < 1.29 is 42.3 Å². The van der Waals surface area contributed by atoms with Crippen molar-refractivity contribution in [1.82, 2.24) is 0 Å². The zero-order chi connectivity index (χ0) is 42.2. The van der Waals surface area contributed by atoms with Crippen molar-refractivity contribution in [3.63, 3.8) is 0 Å². The van der Waals surface area contributed by atoms with E-state index in [4.69, 9.17) is 29.0 Å². The number of carbonyl (C=O) groups is 2. The fraction of sp³-hybridized carbons (Fsp3) is 0.787. The van der Waals surface area contributed by atoms with Crippen LogP contribution in [0, 0.1) is 0 Å². The summed E-state index contributed by atoms with van der Waals surface area (Å²) in [5.74, 6) is -0.900. The highest BCUT2D eigenvalue weighted by atomic mass is 31.2. The molecule has 0 aliphatic carbocycles. The highest BCUT2D eigenvalue weighted by Crippen LogP contribution is 2.43. The Labute approximate surface area is 353 Å². The first-order valence-corrected chi connectivity index (χ1v) is 24.7. The number of hydrogen-bond acceptors (Lipinski definition) is 9. The first-order valence-electron chi connectivity index (χ1n) is 23.2. The van der Waals surface area contributed by atoms with Crippen molar-refractivity contribution in [2.45, 2.75) is 212 Å². The summed E-state index contributed by atoms with van der Waals surface area (Å²) in [6.07, 6.45) is 47.5. The number of rotatable bonds is 42. The summed E-state index contributed by atoms with van der Waals surface area (Å²) >= 11 is 0. The van der Waals surface area contributed by atoms with Gasteiger partial charge < -0.3 is 24.8 Å². The molecule has 0 aromatic heterocycles. The number of ether oxygens (including phenoxy) is 3. The van der Waals surface area contributed by atoms with Gasteiger partial charge in [0.2, 0.25) is 0 Å². The second-order valence-corrected chi connectivity index (χ2v) is 17.1. The van der Waals surface area contributed by atoms with Gasteiger partial charge in [-0.3, -0.25) is 18.6 Å². The summed E-state index contributed by atoms with van der Waals surface area (Å²) in [7, 11) is -4.40. The van der Waals surface area contributed by atoms with E-state index in [-0.39, 0.29) is 32.6 Å². The van der Waals surface area contributed by atoms with E-state index in [1.807, 2.05) is 6.08 Å². The molecule has 0 amide bonds. The number of esters is 2. The maximum Gasteiger partial charge on any atom is 0.472 e. The Balaban J connectivity index is 2.18. The van der Waals surface area contributed by atoms with Crippen molar-refractivity contribution in [1.29, 1.82) is 0 Å². The zero-order valence-corrected chi connectivity index (χ0v) is 37.6. The predicted octanol–water partition coefficient (Wildman–Crippen LogP) is 12.5. The molecule has 1 fully saturated rings. The Bertz CT molecular complexity index is 1160. The van der Waals surface area contributed by atoms with Crippen molar-refractivity contribution >= 4 is 19.8 Å². The van der Waals surface area contributed by atoms with Crippen LogP contribution < -0.4 is 5.73 Å². The SMILES string of the molecule is CCCCCCCC/C=C\CCCCCCCCCCCC(=O)O[C@H](COC(=O)CCC/C=C\C/C=C\C/C=C\CC1OC1CCCCC)COP(=O)(O)OCCN. The van der Waals surface area contributed by atoms with Crippen molar-refractivity contribution in [2.24, 2.45) is 5.73 Å². The fourth-order valence-corrected chi connectivity index (χ4v) is 7.30. The molecule has 58 heavy (non-hydrogen) atoms. The highest BCUT2D eigenvalue weighted by molar-refractivity contribution is 7.47. The molecule has 0 radical (unpaired) electrons. The van der Waals surface area contributed by atoms with Gasteiger partial charge in [0.25, 0.3) is 0 Å². The molecule has 1 saturated heterocycles. The minimum Gasteiger partial charge on any atom is -0.462 e. The summed E-state index contributed by atoms with van der Waals surface area (Å²) in [6, 6.07) is 0. The topological polar surface area (TPSA) is 147 Å². The summed E-state index contributed by atoms with van der Waals surface area (Å²) in [6.45, 7) is 3.63. The summed E-state index contributed by atoms with van der Waals surface area (Å²) in [4.78, 5) is 34.9. The molecule has 0 bridgehead atoms. The molecular weight excluding hydrogens is 753 g/mol. The van der Waals surface area contributed by atoms with Gasteiger partial charge in [-0.15, -0.1) is 0 Å². The van der Waals surface area contributed by atoms with Crippen LogP contribution in [0.2, 0.25) is 0 Å². The normalized spacial score (nSPS) is 17.2. The Morgan fingerprint density at radius 2 is 1.14 bits per heavy atom. The van der Waals surface area contributed by atoms with Gasteiger partial charge in [-0.05, 0) is 70.6 Å². The van der Waals surface area contributed by atoms with E-state index in [1.165, 1.54) is 109 Å². The average Bonchev–Trinajstić information content (AvgIpc) is 3.97. The number of hydrogen-bond donors (Lipinski definition) is 2. The van der Waals surface area contributed by atoms with E-state index in [1.54, 1.807) is 0 Å². The minimum atomic E-state index is -4.40. The number of nitrogens with two attached hydrogens (primary N) is 1. The fourth-order valence-electron chi connectivity index (χ4n) is 6.54. The second-order valence-electron chi connectivity index (χ2n) is 15.7. The quantitative estimate of drug-likeness (QED) is 0.0200. The third-order valence-electron chi connectivity index (χ3n) is 10.1. The van der Waals surface area contributed by atoms with E-state index >= 15 is 0 Å². The highest BCUT2D eigenvalue weighted by Gasteiger charge is 2.36. The number of carbonyl (C=O) groups excluding carboxylic acids is 2. The average molecular weight is 838 g/mol. The summed E-state index contributed by atoms with van der Waals surface area (Å²) in [5.41, 5.74) is 5.35. The third kappa shape index (κ3) is 35.8. The van der Waals surface area contributed by atoms with Gasteiger partial charge in [0.15, 0.2) is 6.10 Å². The second kappa shape index (κ2) is 39.1. The molecule has 11 heteroatoms. The van der Waals surface area contributed by atoms with Crippen LogP contribution in [0.15, 0.2) is 48.6 Å². The molecule has 1 aliphatic heterocycles. The van der Waals surface area contributed by atoms with Gasteiger partial charge in [0.1, 0.15) is 6.61 Å². The minimum absolute atomic E-state index is 0.0428. The van der Waals surface area contributed by atoms with Crippen LogP contribution in [0.4, 0.5) is 0 Å². The first-order chi connectivity index (χ1) is 28.3. The molecule has 1 heterocycles. The molecule has 4 atom stereocenters. The standard InChI is InChI=1S/C47H84NO9P/c1-3-5-7-8-9-10-11-12-13-14-15-16-17-18-19-24-27-30-34-38-47(50)56-43(42-55-58(51,52)54-40-39-48)41-53-46(49)37-33-29-26-23-21-20-22-25-28-32-36-45-44(57-45)35-31-6-4-2/h12-13,20,22-23,26,28,32,43-45H,3-11,14-19,21,24-25,27,29-31,33-42,48H2,1-2H3,(H,51,52)/b13-12-,22-20-,26-23-,32-28-/t43-,44?,45?/m1/s1. The number of phosphoric acid groups is 1. The van der Waals surface area contributed by atoms with Crippen molar-refractivity contribution in [2.75, 3.05) is 26.4 Å². The third-order valence-corrected chi connectivity index (χ3v) is 11.1. The first kappa shape index (κ1) is 53.9. The molecule has 3 N–H and O–H groups in total. The Kier molecular flexibility index (Phi) is 36.4. The molecule has 0 saturated carbocycles. The van der Waals surface area contributed by atoms with Crippen molar-refractivity contribution in [3.05, 3.63) is 48.6 Å². The van der Waals surface area contributed by atoms with Crippen LogP contribution >= 0.6 is 7.82 Å². The van der Waals surface area contributed by atoms with Gasteiger partial charge in [0, 0.05) is 19.4 Å². The number of unbranched alkanes of at least 4 members (excludes halogenated alkanes) is 18. The van der Waals surface area contributed by atoms with E-state index < -0.39 is 32.5 Å². The van der Waals surface area contributed by atoms with Gasteiger partial charge in [-0.25, -0.2) is 4.57 Å². The van der Waals surface area contributed by atoms with E-state index in [2.05, 4.69) is 56.4 Å². The Morgan fingerprint density at radius 1 is 0.621 bits per heavy atom. The van der Waals surface area contributed by atoms with Crippen LogP contribution in [0.3, 0.4) is 0 Å². The zero-order valence-electron chi connectivity index (χ0n) is 36.7. The van der Waals surface area contributed by atoms with Crippen LogP contribution in [0.5, 0.6) is 0 Å². The smallest absolute Gasteiger partial charge is 0.462 e. The lowest BCUT2D eigenvalue weighted by Gasteiger charge is -2.19. The lowest BCUT2D eigenvalue weighted by Crippen LogP contribution is -2.29. The predicted molar refractivity (Wildman–Crippen MR) is 237 cm³/mol. The summed E-state index contributed by atoms with van der Waals surface area (Å²) in [5, 5.41) is 0. The monoisotopic (exact) mass is 838 g/mol. The van der Waals surface area contributed by atoms with Crippen LogP contribution in [-0.4, -0.2) is 61.5 Å². The Hall–Kier alpha value is -2.07.